The fourth-order valence-electron chi connectivity index (χ4n) is 3.90. The third-order valence-corrected chi connectivity index (χ3v) is 6.68. The molecule has 1 saturated heterocycles. The van der Waals surface area contributed by atoms with Crippen LogP contribution < -0.4 is 10.1 Å². The molecular weight excluding hydrogens is 471 g/mol. The van der Waals surface area contributed by atoms with Gasteiger partial charge in [0, 0.05) is 35.5 Å². The normalized spacial score (nSPS) is 26.2. The van der Waals surface area contributed by atoms with Gasteiger partial charge in [0.15, 0.2) is 17.2 Å². The Morgan fingerprint density at radius 2 is 1.94 bits per heavy atom. The highest BCUT2D eigenvalue weighted by molar-refractivity contribution is 7.84. The minimum atomic E-state index is -4.87. The minimum Gasteiger partial charge on any atom is -0.493 e. The van der Waals surface area contributed by atoms with Crippen LogP contribution in [0.2, 0.25) is 0 Å². The lowest BCUT2D eigenvalue weighted by Crippen LogP contribution is -2.47. The van der Waals surface area contributed by atoms with Crippen LogP contribution >= 0.6 is 0 Å². The highest BCUT2D eigenvalue weighted by Crippen LogP contribution is 2.55. The van der Waals surface area contributed by atoms with E-state index in [1.165, 1.54) is 31.5 Å². The molecule has 2 aromatic rings. The number of hydrogen-bond donors (Lipinski definition) is 1. The van der Waals surface area contributed by atoms with Gasteiger partial charge in [0.1, 0.15) is 11.1 Å². The number of benzene rings is 1. The topological polar surface area (TPSA) is 77.5 Å². The highest BCUT2D eigenvalue weighted by atomic mass is 32.2. The number of hydrogen-bond acceptors (Lipinski definition) is 5. The Morgan fingerprint density at radius 3 is 2.52 bits per heavy atom. The molecule has 0 bridgehead atoms. The van der Waals surface area contributed by atoms with Crippen LogP contribution in [0.3, 0.4) is 0 Å². The van der Waals surface area contributed by atoms with Gasteiger partial charge in [0.25, 0.3) is 5.91 Å². The molecule has 1 amide bonds. The molecule has 1 aromatic heterocycles. The van der Waals surface area contributed by atoms with Crippen LogP contribution in [0.15, 0.2) is 35.5 Å². The summed E-state index contributed by atoms with van der Waals surface area (Å²) >= 11 is 0. The molecule has 1 aromatic carbocycles. The molecule has 1 unspecified atom stereocenters. The van der Waals surface area contributed by atoms with Gasteiger partial charge < -0.3 is 14.8 Å². The molecule has 1 aliphatic heterocycles. The summed E-state index contributed by atoms with van der Waals surface area (Å²) in [6.45, 7) is 2.02. The first kappa shape index (κ1) is 25.0. The summed E-state index contributed by atoms with van der Waals surface area (Å²) in [7, 11) is -0.423. The first-order valence-electron chi connectivity index (χ1n) is 9.68. The van der Waals surface area contributed by atoms with Gasteiger partial charge in [-0.25, -0.2) is 9.37 Å². The Morgan fingerprint density at radius 1 is 1.27 bits per heavy atom. The predicted octanol–water partition coefficient (Wildman–Crippen LogP) is 4.18. The van der Waals surface area contributed by atoms with Gasteiger partial charge in [0.05, 0.1) is 17.9 Å². The van der Waals surface area contributed by atoms with Crippen molar-refractivity contribution in [1.82, 2.24) is 4.98 Å². The lowest BCUT2D eigenvalue weighted by atomic mass is 9.77. The minimum absolute atomic E-state index is 0.132. The van der Waals surface area contributed by atoms with E-state index in [2.05, 4.69) is 10.3 Å². The van der Waals surface area contributed by atoms with Crippen molar-refractivity contribution in [2.24, 2.45) is 5.92 Å². The molecule has 12 heteroatoms. The molecule has 3 rings (SSSR count). The van der Waals surface area contributed by atoms with Crippen molar-refractivity contribution in [3.63, 3.8) is 0 Å². The molecule has 1 fully saturated rings. The second-order valence-corrected chi connectivity index (χ2v) is 9.09. The average molecular weight is 492 g/mol. The van der Waals surface area contributed by atoms with Crippen LogP contribution in [0.4, 0.5) is 27.6 Å². The predicted molar refractivity (Wildman–Crippen MR) is 109 cm³/mol. The Bertz CT molecular complexity index is 1100. The molecule has 1 N–H and O–H groups in total. The zero-order valence-electron chi connectivity index (χ0n) is 18.0. The summed E-state index contributed by atoms with van der Waals surface area (Å²) in [5.74, 6) is -6.89. The maximum absolute atomic E-state index is 14.4. The van der Waals surface area contributed by atoms with Crippen LogP contribution in [-0.2, 0) is 20.3 Å². The summed E-state index contributed by atoms with van der Waals surface area (Å²) in [5.41, 5.74) is -2.76. The van der Waals surface area contributed by atoms with Gasteiger partial charge in [0.2, 0.25) is 5.82 Å². The van der Waals surface area contributed by atoms with Gasteiger partial charge in [-0.15, -0.1) is 0 Å². The smallest absolute Gasteiger partial charge is 0.417 e. The van der Waals surface area contributed by atoms with Crippen LogP contribution in [0.25, 0.3) is 0 Å². The number of carbonyl (C=O) groups is 1. The molecule has 5 atom stereocenters. The van der Waals surface area contributed by atoms with Crippen LogP contribution in [0.1, 0.15) is 25.3 Å². The van der Waals surface area contributed by atoms with Crippen molar-refractivity contribution in [2.75, 3.05) is 18.7 Å². The monoisotopic (exact) mass is 492 g/mol. The van der Waals surface area contributed by atoms with Gasteiger partial charge >= 0.3 is 6.18 Å². The van der Waals surface area contributed by atoms with Gasteiger partial charge in [-0.1, -0.05) is 13.0 Å². The number of ether oxygens (including phenoxy) is 2. The Hall–Kier alpha value is -2.60. The molecule has 0 radical (unpaired) electrons. The molecule has 0 aliphatic carbocycles. The molecule has 1 aliphatic rings. The third-order valence-electron chi connectivity index (χ3n) is 5.87. The highest BCUT2D eigenvalue weighted by Gasteiger charge is 2.65. The number of halogens is 5. The number of rotatable bonds is 5. The first-order chi connectivity index (χ1) is 15.3. The second kappa shape index (κ2) is 8.98. The van der Waals surface area contributed by atoms with Crippen LogP contribution in [0.5, 0.6) is 5.75 Å². The Balaban J connectivity index is 2.07. The molecule has 33 heavy (non-hydrogen) atoms. The molecule has 0 saturated carbocycles. The van der Waals surface area contributed by atoms with E-state index in [-0.39, 0.29) is 16.3 Å². The number of nitrogens with one attached hydrogen (secondary N) is 1. The maximum Gasteiger partial charge on any atom is 0.417 e. The number of aromatic nitrogens is 1. The van der Waals surface area contributed by atoms with Crippen molar-refractivity contribution < 1.29 is 40.4 Å². The lowest BCUT2D eigenvalue weighted by Gasteiger charge is -2.32. The quantitative estimate of drug-likeness (QED) is 0.634. The standard InChI is InChI=1S/C21H21F5N2O4S/c1-10-15(12-5-6-13(22)16(23)17(12)31-3)18(32-20(10,2)21(24,25)26)19(29)28-11-7-8-27-14(9-11)33(4)30/h5-10,15,18H,1-4H3,(H,27,28,29)/t10-,15-,18+,20+,33?/m1/s1. The molecule has 0 spiro atoms. The van der Waals surface area contributed by atoms with Crippen LogP contribution in [-0.4, -0.2) is 46.3 Å². The summed E-state index contributed by atoms with van der Waals surface area (Å²) in [6, 6.07) is 4.50. The summed E-state index contributed by atoms with van der Waals surface area (Å²) in [5, 5.41) is 2.58. The number of anilines is 1. The summed E-state index contributed by atoms with van der Waals surface area (Å²) in [4.78, 5) is 17.0. The number of pyridine rings is 1. The van der Waals surface area contributed by atoms with Gasteiger partial charge in [-0.05, 0) is 25.1 Å². The van der Waals surface area contributed by atoms with E-state index in [0.717, 1.165) is 26.2 Å². The van der Waals surface area contributed by atoms with Crippen molar-refractivity contribution in [3.05, 3.63) is 47.7 Å². The van der Waals surface area contributed by atoms with Gasteiger partial charge in [-0.2, -0.15) is 17.6 Å². The van der Waals surface area contributed by atoms with E-state index in [1.807, 2.05) is 0 Å². The fourth-order valence-corrected chi connectivity index (χ4v) is 4.40. The average Bonchev–Trinajstić information content (AvgIpc) is 3.02. The van der Waals surface area contributed by atoms with E-state index < -0.39 is 63.8 Å². The Labute approximate surface area is 188 Å². The zero-order chi connectivity index (χ0) is 24.7. The SMILES string of the molecule is COc1c([C@@H]2[C@@H](C(=O)Nc3ccnc(S(C)=O)c3)O[C@](C)(C(F)(F)F)[C@@H]2C)ccc(F)c1F. The van der Waals surface area contributed by atoms with E-state index in [0.29, 0.717) is 0 Å². The zero-order valence-corrected chi connectivity index (χ0v) is 18.8. The van der Waals surface area contributed by atoms with E-state index in [9.17, 15) is 31.0 Å². The number of amides is 1. The molecule has 180 valence electrons. The third kappa shape index (κ3) is 4.45. The number of alkyl halides is 3. The molecular formula is C21H21F5N2O4S. The Kier molecular flexibility index (Phi) is 6.81. The van der Waals surface area contributed by atoms with Crippen molar-refractivity contribution >= 4 is 22.4 Å². The van der Waals surface area contributed by atoms with E-state index in [4.69, 9.17) is 9.47 Å². The lowest BCUT2D eigenvalue weighted by molar-refractivity contribution is -0.272. The number of nitrogens with zero attached hydrogens (tertiary/aromatic N) is 1. The second-order valence-electron chi connectivity index (χ2n) is 7.77. The fraction of sp³-hybridized carbons (Fsp3) is 0.429. The van der Waals surface area contributed by atoms with E-state index >= 15 is 0 Å². The van der Waals surface area contributed by atoms with Crippen molar-refractivity contribution in [3.8, 4) is 5.75 Å². The summed E-state index contributed by atoms with van der Waals surface area (Å²) < 4.78 is 91.8. The summed E-state index contributed by atoms with van der Waals surface area (Å²) in [6.07, 6.45) is -3.95. The maximum atomic E-state index is 14.4. The molecule has 6 nitrogen and oxygen atoms in total. The largest absolute Gasteiger partial charge is 0.493 e. The first-order valence-corrected chi connectivity index (χ1v) is 11.2. The molecule has 2 heterocycles. The van der Waals surface area contributed by atoms with Gasteiger partial charge in [-0.3, -0.25) is 9.00 Å². The van der Waals surface area contributed by atoms with E-state index in [1.54, 1.807) is 0 Å². The number of carbonyl (C=O) groups excluding carboxylic acids is 1. The number of methoxy groups -OCH3 is 1. The van der Waals surface area contributed by atoms with Crippen molar-refractivity contribution in [1.29, 1.82) is 0 Å². The van der Waals surface area contributed by atoms with Crippen LogP contribution in [0, 0.1) is 17.6 Å². The van der Waals surface area contributed by atoms with Crippen molar-refractivity contribution in [2.45, 2.75) is 42.7 Å².